The molecule has 1 heterocycles. The van der Waals surface area contributed by atoms with E-state index in [1.165, 1.54) is 4.68 Å². The first-order valence-corrected chi connectivity index (χ1v) is 5.09. The number of nitrogen functional groups attached to an aromatic ring is 1. The molecule has 1 rings (SSSR count). The van der Waals surface area contributed by atoms with Gasteiger partial charge in [0.2, 0.25) is 0 Å². The van der Waals surface area contributed by atoms with E-state index in [2.05, 4.69) is 9.84 Å². The van der Waals surface area contributed by atoms with Crippen LogP contribution in [0.2, 0.25) is 0 Å². The zero-order chi connectivity index (χ0) is 13.0. The number of rotatable bonds is 4. The Balaban J connectivity index is 2.67. The van der Waals surface area contributed by atoms with E-state index in [1.807, 2.05) is 0 Å². The lowest BCUT2D eigenvalue weighted by atomic mass is 10.3. The van der Waals surface area contributed by atoms with E-state index < -0.39 is 18.5 Å². The average molecular weight is 241 g/mol. The largest absolute Gasteiger partial charge is 0.463 e. The molecule has 0 spiro atoms. The number of anilines is 1. The van der Waals surface area contributed by atoms with Crippen LogP contribution in [0, 0.1) is 6.92 Å². The number of hydrogen-bond donors (Lipinski definition) is 1. The number of carbonyl (C=O) groups is 2. The van der Waals surface area contributed by atoms with E-state index in [0.29, 0.717) is 5.69 Å². The van der Waals surface area contributed by atoms with E-state index >= 15 is 0 Å². The molecule has 0 radical (unpaired) electrons. The number of aryl methyl sites for hydroxylation is 2. The summed E-state index contributed by atoms with van der Waals surface area (Å²) < 4.78 is 10.7. The SMILES string of the molecule is CCOC(=O)COC(=O)c1c(N)c(C)nn1C. The molecular weight excluding hydrogens is 226 g/mol. The van der Waals surface area contributed by atoms with Gasteiger partial charge < -0.3 is 15.2 Å². The summed E-state index contributed by atoms with van der Waals surface area (Å²) in [5.41, 5.74) is 6.59. The van der Waals surface area contributed by atoms with Crippen molar-refractivity contribution >= 4 is 17.6 Å². The van der Waals surface area contributed by atoms with Crippen LogP contribution in [-0.2, 0) is 21.3 Å². The Bertz CT molecular complexity index is 439. The summed E-state index contributed by atoms with van der Waals surface area (Å²) in [7, 11) is 1.57. The van der Waals surface area contributed by atoms with Gasteiger partial charge in [-0.1, -0.05) is 0 Å². The maximum absolute atomic E-state index is 11.6. The van der Waals surface area contributed by atoms with E-state index in [0.717, 1.165) is 0 Å². The maximum atomic E-state index is 11.6. The highest BCUT2D eigenvalue weighted by molar-refractivity contribution is 5.94. The maximum Gasteiger partial charge on any atom is 0.359 e. The highest BCUT2D eigenvalue weighted by atomic mass is 16.6. The predicted octanol–water partition coefficient (Wildman–Crippen LogP) is 0.0306. The van der Waals surface area contributed by atoms with Gasteiger partial charge >= 0.3 is 11.9 Å². The number of ether oxygens (including phenoxy) is 2. The lowest BCUT2D eigenvalue weighted by Crippen LogP contribution is -2.19. The second-order valence-corrected chi connectivity index (χ2v) is 3.35. The van der Waals surface area contributed by atoms with Gasteiger partial charge in [-0.3, -0.25) is 4.68 Å². The van der Waals surface area contributed by atoms with Gasteiger partial charge in [-0.15, -0.1) is 0 Å². The quantitative estimate of drug-likeness (QED) is 0.747. The molecule has 0 aromatic carbocycles. The van der Waals surface area contributed by atoms with Crippen LogP contribution < -0.4 is 5.73 Å². The first-order valence-electron chi connectivity index (χ1n) is 5.09. The Hall–Kier alpha value is -2.05. The molecule has 0 aliphatic carbocycles. The van der Waals surface area contributed by atoms with Crippen molar-refractivity contribution in [3.63, 3.8) is 0 Å². The molecule has 0 aliphatic heterocycles. The van der Waals surface area contributed by atoms with Crippen LogP contribution in [0.3, 0.4) is 0 Å². The minimum Gasteiger partial charge on any atom is -0.463 e. The van der Waals surface area contributed by atoms with E-state index in [-0.39, 0.29) is 18.0 Å². The second kappa shape index (κ2) is 5.33. The molecule has 0 fully saturated rings. The third kappa shape index (κ3) is 2.96. The van der Waals surface area contributed by atoms with Crippen LogP contribution in [0.15, 0.2) is 0 Å². The zero-order valence-corrected chi connectivity index (χ0v) is 10.0. The smallest absolute Gasteiger partial charge is 0.359 e. The van der Waals surface area contributed by atoms with Gasteiger partial charge in [0.05, 0.1) is 18.0 Å². The lowest BCUT2D eigenvalue weighted by Gasteiger charge is -2.05. The molecule has 17 heavy (non-hydrogen) atoms. The molecule has 7 nitrogen and oxygen atoms in total. The molecule has 0 bridgehead atoms. The first-order chi connectivity index (χ1) is 7.97. The van der Waals surface area contributed by atoms with Crippen LogP contribution in [0.5, 0.6) is 0 Å². The molecule has 0 saturated heterocycles. The standard InChI is InChI=1S/C10H15N3O4/c1-4-16-7(14)5-17-10(15)9-8(11)6(2)12-13(9)3/h4-5,11H2,1-3H3. The molecule has 1 aromatic rings. The average Bonchev–Trinajstić information content (AvgIpc) is 2.50. The van der Waals surface area contributed by atoms with E-state index in [4.69, 9.17) is 10.5 Å². The van der Waals surface area contributed by atoms with Crippen molar-refractivity contribution in [3.8, 4) is 0 Å². The third-order valence-electron chi connectivity index (χ3n) is 2.09. The normalized spacial score (nSPS) is 10.1. The molecular formula is C10H15N3O4. The summed E-state index contributed by atoms with van der Waals surface area (Å²) in [5, 5.41) is 3.97. The Morgan fingerprint density at radius 3 is 2.53 bits per heavy atom. The van der Waals surface area contributed by atoms with Gasteiger partial charge in [0.15, 0.2) is 12.3 Å². The van der Waals surface area contributed by atoms with Gasteiger partial charge in [-0.05, 0) is 13.8 Å². The summed E-state index contributed by atoms with van der Waals surface area (Å²) in [6.07, 6.45) is 0. The van der Waals surface area contributed by atoms with Crippen LogP contribution >= 0.6 is 0 Å². The first kappa shape index (κ1) is 13.0. The number of nitrogens with two attached hydrogens (primary N) is 1. The number of hydrogen-bond acceptors (Lipinski definition) is 6. The topological polar surface area (TPSA) is 96.4 Å². The molecule has 0 amide bonds. The number of aromatic nitrogens is 2. The van der Waals surface area contributed by atoms with Gasteiger partial charge in [-0.25, -0.2) is 9.59 Å². The second-order valence-electron chi connectivity index (χ2n) is 3.35. The molecule has 0 saturated carbocycles. The van der Waals surface area contributed by atoms with Crippen LogP contribution in [0.25, 0.3) is 0 Å². The highest BCUT2D eigenvalue weighted by Crippen LogP contribution is 2.15. The van der Waals surface area contributed by atoms with Crippen LogP contribution in [0.1, 0.15) is 23.1 Å². The van der Waals surface area contributed by atoms with Gasteiger partial charge in [0.25, 0.3) is 0 Å². The van der Waals surface area contributed by atoms with Gasteiger partial charge in [0, 0.05) is 7.05 Å². The summed E-state index contributed by atoms with van der Waals surface area (Å²) in [5.74, 6) is -1.29. The summed E-state index contributed by atoms with van der Waals surface area (Å²) >= 11 is 0. The molecule has 0 unspecified atom stereocenters. The van der Waals surface area contributed by atoms with Crippen molar-refractivity contribution in [2.45, 2.75) is 13.8 Å². The summed E-state index contributed by atoms with van der Waals surface area (Å²) in [6, 6.07) is 0. The Morgan fingerprint density at radius 2 is 2.06 bits per heavy atom. The van der Waals surface area contributed by atoms with Crippen molar-refractivity contribution in [2.24, 2.45) is 7.05 Å². The number of esters is 2. The van der Waals surface area contributed by atoms with E-state index in [1.54, 1.807) is 20.9 Å². The van der Waals surface area contributed by atoms with Crippen molar-refractivity contribution in [2.75, 3.05) is 18.9 Å². The molecule has 7 heteroatoms. The Labute approximate surface area is 98.5 Å². The number of carbonyl (C=O) groups excluding carboxylic acids is 2. The zero-order valence-electron chi connectivity index (χ0n) is 10.0. The molecule has 1 aromatic heterocycles. The minimum atomic E-state index is -0.696. The number of nitrogens with zero attached hydrogens (tertiary/aromatic N) is 2. The molecule has 2 N–H and O–H groups in total. The predicted molar refractivity (Wildman–Crippen MR) is 59.3 cm³/mol. The molecule has 0 aliphatic rings. The van der Waals surface area contributed by atoms with E-state index in [9.17, 15) is 9.59 Å². The van der Waals surface area contributed by atoms with Crippen molar-refractivity contribution in [1.82, 2.24) is 9.78 Å². The fourth-order valence-corrected chi connectivity index (χ4v) is 1.31. The monoisotopic (exact) mass is 241 g/mol. The van der Waals surface area contributed by atoms with Crippen molar-refractivity contribution < 1.29 is 19.1 Å². The highest BCUT2D eigenvalue weighted by Gasteiger charge is 2.20. The van der Waals surface area contributed by atoms with Crippen molar-refractivity contribution in [1.29, 1.82) is 0 Å². The molecule has 0 atom stereocenters. The Morgan fingerprint density at radius 1 is 1.41 bits per heavy atom. The lowest BCUT2D eigenvalue weighted by molar-refractivity contribution is -0.146. The fraction of sp³-hybridized carbons (Fsp3) is 0.500. The van der Waals surface area contributed by atoms with Crippen LogP contribution in [0.4, 0.5) is 5.69 Å². The fourth-order valence-electron chi connectivity index (χ4n) is 1.31. The van der Waals surface area contributed by atoms with Gasteiger partial charge in [-0.2, -0.15) is 5.10 Å². The third-order valence-corrected chi connectivity index (χ3v) is 2.09. The summed E-state index contributed by atoms with van der Waals surface area (Å²) in [4.78, 5) is 22.6. The van der Waals surface area contributed by atoms with Crippen LogP contribution in [-0.4, -0.2) is 34.9 Å². The van der Waals surface area contributed by atoms with Gasteiger partial charge in [0.1, 0.15) is 0 Å². The summed E-state index contributed by atoms with van der Waals surface area (Å²) in [6.45, 7) is 3.15. The van der Waals surface area contributed by atoms with Crippen molar-refractivity contribution in [3.05, 3.63) is 11.4 Å². The molecule has 94 valence electrons. The Kier molecular flexibility index (Phi) is 4.08. The minimum absolute atomic E-state index is 0.131.